The van der Waals surface area contributed by atoms with Crippen LogP contribution in [0, 0.1) is 12.1 Å². The van der Waals surface area contributed by atoms with Crippen molar-refractivity contribution in [1.29, 1.82) is 0 Å². The van der Waals surface area contributed by atoms with Gasteiger partial charge in [-0.2, -0.15) is 0 Å². The second-order valence-corrected chi connectivity index (χ2v) is 2.87. The molecule has 0 aliphatic heterocycles. The summed E-state index contributed by atoms with van der Waals surface area (Å²) in [6.45, 7) is 0.179. The number of para-hydroxylation sites is 1. The van der Waals surface area contributed by atoms with Gasteiger partial charge in [0, 0.05) is 6.07 Å². The molecule has 2 aromatic carbocycles. The summed E-state index contributed by atoms with van der Waals surface area (Å²) in [6, 6.07) is 20.6. The van der Waals surface area contributed by atoms with Crippen LogP contribution in [0.5, 0.6) is 11.5 Å². The average Bonchev–Trinajstić information content (AvgIpc) is 2.32. The highest BCUT2D eigenvalue weighted by Gasteiger charge is 1.93. The molecule has 0 atom stereocenters. The first-order chi connectivity index (χ1) is 7.45. The normalized spacial score (nSPS) is 9.60. The fourth-order valence-corrected chi connectivity index (χ4v) is 1.09. The second-order valence-electron chi connectivity index (χ2n) is 2.87. The maximum atomic E-state index is 5.34. The fraction of sp³-hybridized carbons (Fsp3) is 0.0769. The lowest BCUT2D eigenvalue weighted by molar-refractivity contribution is 0.119. The molecule has 0 N–H and O–H groups in total. The molecule has 0 heterocycles. The molecular formula is C13H10O2. The molecule has 0 aliphatic rings. The summed E-state index contributed by atoms with van der Waals surface area (Å²) in [5.41, 5.74) is 0. The lowest BCUT2D eigenvalue weighted by Crippen LogP contribution is -2.05. The third kappa shape index (κ3) is 3.02. The van der Waals surface area contributed by atoms with Gasteiger partial charge in [-0.1, -0.05) is 30.3 Å². The summed E-state index contributed by atoms with van der Waals surface area (Å²) in [7, 11) is 0. The number of hydrogen-bond donors (Lipinski definition) is 0. The monoisotopic (exact) mass is 198 g/mol. The van der Waals surface area contributed by atoms with Gasteiger partial charge < -0.3 is 9.47 Å². The zero-order valence-electron chi connectivity index (χ0n) is 8.14. The van der Waals surface area contributed by atoms with Crippen molar-refractivity contribution in [2.45, 2.75) is 0 Å². The Morgan fingerprint density at radius 2 is 2.00 bits per heavy atom. The first kappa shape index (κ1) is 9.59. The minimum Gasteiger partial charge on any atom is -0.457 e. The molecule has 0 amide bonds. The molecule has 2 aromatic rings. The van der Waals surface area contributed by atoms with Crippen molar-refractivity contribution in [1.82, 2.24) is 0 Å². The van der Waals surface area contributed by atoms with Gasteiger partial charge in [-0.3, -0.25) is 0 Å². The van der Waals surface area contributed by atoms with Crippen LogP contribution >= 0.6 is 0 Å². The van der Waals surface area contributed by atoms with E-state index in [1.54, 1.807) is 12.1 Å². The highest BCUT2D eigenvalue weighted by atomic mass is 16.7. The molecule has 2 radical (unpaired) electrons. The van der Waals surface area contributed by atoms with E-state index in [-0.39, 0.29) is 6.79 Å². The van der Waals surface area contributed by atoms with Crippen molar-refractivity contribution in [3.05, 3.63) is 60.7 Å². The third-order valence-corrected chi connectivity index (χ3v) is 1.80. The van der Waals surface area contributed by atoms with E-state index < -0.39 is 0 Å². The lowest BCUT2D eigenvalue weighted by atomic mass is 10.3. The molecule has 74 valence electrons. The molecule has 2 rings (SSSR count). The summed E-state index contributed by atoms with van der Waals surface area (Å²) in [5.74, 6) is 1.42. The maximum Gasteiger partial charge on any atom is 0.230 e. The Morgan fingerprint density at radius 3 is 2.73 bits per heavy atom. The van der Waals surface area contributed by atoms with E-state index in [1.165, 1.54) is 0 Å². The first-order valence-corrected chi connectivity index (χ1v) is 4.63. The summed E-state index contributed by atoms with van der Waals surface area (Å²) >= 11 is 0. The van der Waals surface area contributed by atoms with Crippen LogP contribution in [0.25, 0.3) is 0 Å². The van der Waals surface area contributed by atoms with E-state index >= 15 is 0 Å². The van der Waals surface area contributed by atoms with Crippen LogP contribution in [0.15, 0.2) is 48.5 Å². The Balaban J connectivity index is 1.81. The molecule has 2 heteroatoms. The van der Waals surface area contributed by atoms with Crippen molar-refractivity contribution >= 4 is 0 Å². The van der Waals surface area contributed by atoms with Gasteiger partial charge in [-0.25, -0.2) is 0 Å². The van der Waals surface area contributed by atoms with E-state index in [4.69, 9.17) is 9.47 Å². The van der Waals surface area contributed by atoms with Crippen LogP contribution < -0.4 is 9.47 Å². The van der Waals surface area contributed by atoms with Crippen LogP contribution in [0.3, 0.4) is 0 Å². The molecule has 0 saturated heterocycles. The van der Waals surface area contributed by atoms with Gasteiger partial charge >= 0.3 is 0 Å². The minimum absolute atomic E-state index is 0.179. The van der Waals surface area contributed by atoms with Gasteiger partial charge in [0.15, 0.2) is 0 Å². The zero-order chi connectivity index (χ0) is 10.3. The molecule has 0 spiro atoms. The van der Waals surface area contributed by atoms with Crippen LogP contribution in [0.2, 0.25) is 0 Å². The smallest absolute Gasteiger partial charge is 0.230 e. The third-order valence-electron chi connectivity index (χ3n) is 1.80. The van der Waals surface area contributed by atoms with E-state index in [9.17, 15) is 0 Å². The van der Waals surface area contributed by atoms with E-state index in [0.717, 1.165) is 5.75 Å². The first-order valence-electron chi connectivity index (χ1n) is 4.63. The maximum absolute atomic E-state index is 5.34. The number of benzene rings is 2. The van der Waals surface area contributed by atoms with Gasteiger partial charge in [0.05, 0.1) is 0 Å². The van der Waals surface area contributed by atoms with E-state index in [0.29, 0.717) is 5.75 Å². The molecule has 0 saturated carbocycles. The van der Waals surface area contributed by atoms with Crippen LogP contribution in [0.1, 0.15) is 0 Å². The number of ether oxygens (including phenoxy) is 2. The van der Waals surface area contributed by atoms with Crippen molar-refractivity contribution < 1.29 is 9.47 Å². The number of rotatable bonds is 4. The summed E-state index contributed by atoms with van der Waals surface area (Å²) in [5, 5.41) is 0. The average molecular weight is 198 g/mol. The number of hydrogen-bond acceptors (Lipinski definition) is 2. The lowest BCUT2D eigenvalue weighted by Gasteiger charge is -2.07. The summed E-state index contributed by atoms with van der Waals surface area (Å²) < 4.78 is 10.7. The molecule has 15 heavy (non-hydrogen) atoms. The predicted molar refractivity (Wildman–Crippen MR) is 56.7 cm³/mol. The standard InChI is InChI=1S/C13H10O2/c1-3-7-12(8-4-1)14-11-15-13-9-5-2-6-10-13/h1-5,7,9-10H,11H2. The fourth-order valence-electron chi connectivity index (χ4n) is 1.09. The SMILES string of the molecule is [c]1cccc(OCOc2[c]cccc2)c1. The molecule has 0 aliphatic carbocycles. The molecule has 0 bridgehead atoms. The Bertz CT molecular complexity index is 344. The predicted octanol–water partition coefficient (Wildman–Crippen LogP) is 2.70. The largest absolute Gasteiger partial charge is 0.457 e. The summed E-state index contributed by atoms with van der Waals surface area (Å²) in [6.07, 6.45) is 0. The van der Waals surface area contributed by atoms with Gasteiger partial charge in [0.1, 0.15) is 11.5 Å². The van der Waals surface area contributed by atoms with Crippen LogP contribution in [-0.4, -0.2) is 6.79 Å². The van der Waals surface area contributed by atoms with Gasteiger partial charge in [-0.15, -0.1) is 0 Å². The molecule has 2 nitrogen and oxygen atoms in total. The Labute approximate surface area is 89.1 Å². The zero-order valence-corrected chi connectivity index (χ0v) is 8.14. The highest BCUT2D eigenvalue weighted by molar-refractivity contribution is 5.21. The van der Waals surface area contributed by atoms with Gasteiger partial charge in [-0.05, 0) is 24.3 Å². The molecular weight excluding hydrogens is 188 g/mol. The Morgan fingerprint density at radius 1 is 1.00 bits per heavy atom. The van der Waals surface area contributed by atoms with Crippen molar-refractivity contribution in [2.75, 3.05) is 6.79 Å². The second kappa shape index (κ2) is 5.05. The van der Waals surface area contributed by atoms with Gasteiger partial charge in [0.25, 0.3) is 0 Å². The molecule has 0 fully saturated rings. The summed E-state index contributed by atoms with van der Waals surface area (Å²) in [4.78, 5) is 0. The highest BCUT2D eigenvalue weighted by Crippen LogP contribution is 2.10. The van der Waals surface area contributed by atoms with Crippen molar-refractivity contribution in [3.8, 4) is 11.5 Å². The topological polar surface area (TPSA) is 18.5 Å². The van der Waals surface area contributed by atoms with Crippen LogP contribution in [0.4, 0.5) is 0 Å². The molecule has 0 aromatic heterocycles. The van der Waals surface area contributed by atoms with Gasteiger partial charge in [0.2, 0.25) is 6.79 Å². The Hall–Kier alpha value is -1.96. The van der Waals surface area contributed by atoms with E-state index in [1.807, 2.05) is 36.4 Å². The Kier molecular flexibility index (Phi) is 3.23. The molecule has 0 unspecified atom stereocenters. The van der Waals surface area contributed by atoms with Crippen molar-refractivity contribution in [3.63, 3.8) is 0 Å². The van der Waals surface area contributed by atoms with Crippen LogP contribution in [-0.2, 0) is 0 Å². The van der Waals surface area contributed by atoms with Crippen molar-refractivity contribution in [2.24, 2.45) is 0 Å². The quantitative estimate of drug-likeness (QED) is 0.703. The minimum atomic E-state index is 0.179. The van der Waals surface area contributed by atoms with E-state index in [2.05, 4.69) is 12.1 Å².